The van der Waals surface area contributed by atoms with E-state index in [1.165, 1.54) is 12.3 Å². The van der Waals surface area contributed by atoms with Crippen molar-refractivity contribution >= 4 is 5.91 Å². The Balaban J connectivity index is 2.01. The van der Waals surface area contributed by atoms with Crippen molar-refractivity contribution in [3.8, 4) is 22.3 Å². The van der Waals surface area contributed by atoms with Crippen LogP contribution in [0.25, 0.3) is 22.3 Å². The van der Waals surface area contributed by atoms with Crippen LogP contribution in [-0.4, -0.2) is 10.9 Å². The minimum Gasteiger partial charge on any atom is -0.348 e. The number of aromatic nitrogens is 1. The number of hydrogen-bond donors (Lipinski definition) is 2. The molecular weight excluding hydrogens is 326 g/mol. The zero-order valence-electron chi connectivity index (χ0n) is 12.9. The average molecular weight is 338 g/mol. The Bertz CT molecular complexity index is 1070. The van der Waals surface area contributed by atoms with Gasteiger partial charge in [0.05, 0.1) is 0 Å². The van der Waals surface area contributed by atoms with E-state index >= 15 is 0 Å². The van der Waals surface area contributed by atoms with Gasteiger partial charge in [-0.1, -0.05) is 0 Å². The highest BCUT2D eigenvalue weighted by Crippen LogP contribution is 2.34. The molecule has 0 unspecified atom stereocenters. The van der Waals surface area contributed by atoms with Gasteiger partial charge in [-0.25, -0.2) is 8.78 Å². The lowest BCUT2D eigenvalue weighted by atomic mass is 9.92. The molecule has 1 aromatic heterocycles. The molecule has 1 aliphatic rings. The number of pyridine rings is 1. The van der Waals surface area contributed by atoms with Crippen LogP contribution in [0.15, 0.2) is 53.5 Å². The molecule has 0 saturated heterocycles. The lowest BCUT2D eigenvalue weighted by Crippen LogP contribution is -2.12. The monoisotopic (exact) mass is 338 g/mol. The van der Waals surface area contributed by atoms with Crippen LogP contribution in [0.4, 0.5) is 8.78 Å². The summed E-state index contributed by atoms with van der Waals surface area (Å²) in [6.45, 7) is 0.296. The maximum Gasteiger partial charge on any atom is 0.255 e. The molecule has 0 atom stereocenters. The van der Waals surface area contributed by atoms with Crippen molar-refractivity contribution in [2.75, 3.05) is 0 Å². The van der Waals surface area contributed by atoms with Crippen molar-refractivity contribution in [2.45, 2.75) is 6.54 Å². The van der Waals surface area contributed by atoms with E-state index in [4.69, 9.17) is 0 Å². The number of carbonyl (C=O) groups excluding carboxylic acids is 1. The Labute approximate surface area is 141 Å². The minimum absolute atomic E-state index is 0.164. The third-order valence-electron chi connectivity index (χ3n) is 4.27. The zero-order chi connectivity index (χ0) is 17.6. The van der Waals surface area contributed by atoms with Gasteiger partial charge in [0.15, 0.2) is 0 Å². The second-order valence-corrected chi connectivity index (χ2v) is 5.77. The summed E-state index contributed by atoms with van der Waals surface area (Å²) in [5, 5.41) is 2.71. The molecule has 0 spiro atoms. The molecule has 2 heterocycles. The van der Waals surface area contributed by atoms with Crippen LogP contribution in [0, 0.1) is 11.6 Å². The highest BCUT2D eigenvalue weighted by atomic mass is 19.1. The largest absolute Gasteiger partial charge is 0.348 e. The van der Waals surface area contributed by atoms with Crippen LogP contribution in [0.5, 0.6) is 0 Å². The first-order valence-corrected chi connectivity index (χ1v) is 7.63. The topological polar surface area (TPSA) is 62.0 Å². The molecule has 0 fully saturated rings. The van der Waals surface area contributed by atoms with Crippen molar-refractivity contribution in [2.24, 2.45) is 0 Å². The molecule has 2 N–H and O–H groups in total. The molecule has 1 amide bonds. The second-order valence-electron chi connectivity index (χ2n) is 5.77. The number of carbonyl (C=O) groups is 1. The van der Waals surface area contributed by atoms with E-state index in [0.29, 0.717) is 34.4 Å². The number of benzene rings is 2. The SMILES string of the molecule is O=C1NCc2c1cc(-c1ccc(F)cc1F)cc2-c1ccc[nH]c1=O. The lowest BCUT2D eigenvalue weighted by molar-refractivity contribution is 0.0966. The first kappa shape index (κ1) is 15.3. The molecule has 0 saturated carbocycles. The Morgan fingerprint density at radius 3 is 2.44 bits per heavy atom. The molecule has 0 aliphatic carbocycles. The summed E-state index contributed by atoms with van der Waals surface area (Å²) in [5.41, 5.74) is 2.29. The van der Waals surface area contributed by atoms with Crippen molar-refractivity contribution in [1.82, 2.24) is 10.3 Å². The number of amides is 1. The van der Waals surface area contributed by atoms with Gasteiger partial charge in [0.1, 0.15) is 11.6 Å². The Morgan fingerprint density at radius 1 is 0.880 bits per heavy atom. The van der Waals surface area contributed by atoms with Crippen LogP contribution in [0.3, 0.4) is 0 Å². The summed E-state index contributed by atoms with van der Waals surface area (Å²) in [5.74, 6) is -1.70. The summed E-state index contributed by atoms with van der Waals surface area (Å²) in [6, 6.07) is 9.80. The highest BCUT2D eigenvalue weighted by molar-refractivity contribution is 6.02. The van der Waals surface area contributed by atoms with Gasteiger partial charge in [-0.05, 0) is 53.1 Å². The van der Waals surface area contributed by atoms with Crippen LogP contribution < -0.4 is 10.9 Å². The molecule has 6 heteroatoms. The molecule has 2 aromatic carbocycles. The molecule has 4 nitrogen and oxygen atoms in total. The number of rotatable bonds is 2. The first-order valence-electron chi connectivity index (χ1n) is 7.63. The molecular formula is C19H12F2N2O2. The fraction of sp³-hybridized carbons (Fsp3) is 0.0526. The summed E-state index contributed by atoms with van der Waals surface area (Å²) in [7, 11) is 0. The maximum absolute atomic E-state index is 14.2. The average Bonchev–Trinajstić information content (AvgIpc) is 2.96. The predicted octanol–water partition coefficient (Wildman–Crippen LogP) is 3.23. The Kier molecular flexibility index (Phi) is 3.46. The summed E-state index contributed by atoms with van der Waals surface area (Å²) < 4.78 is 27.4. The van der Waals surface area contributed by atoms with E-state index in [9.17, 15) is 18.4 Å². The summed E-state index contributed by atoms with van der Waals surface area (Å²) in [6.07, 6.45) is 1.51. The van der Waals surface area contributed by atoms with Crippen molar-refractivity contribution in [3.05, 3.63) is 81.8 Å². The van der Waals surface area contributed by atoms with Crippen molar-refractivity contribution in [3.63, 3.8) is 0 Å². The van der Waals surface area contributed by atoms with Gasteiger partial charge < -0.3 is 10.3 Å². The van der Waals surface area contributed by atoms with Gasteiger partial charge in [-0.2, -0.15) is 0 Å². The Morgan fingerprint density at radius 2 is 1.68 bits per heavy atom. The molecule has 1 aliphatic heterocycles. The van der Waals surface area contributed by atoms with Crippen LogP contribution in [0.2, 0.25) is 0 Å². The zero-order valence-corrected chi connectivity index (χ0v) is 12.9. The number of hydrogen-bond acceptors (Lipinski definition) is 2. The van der Waals surface area contributed by atoms with Crippen LogP contribution in [0.1, 0.15) is 15.9 Å². The van der Waals surface area contributed by atoms with E-state index < -0.39 is 11.6 Å². The van der Waals surface area contributed by atoms with Crippen LogP contribution in [-0.2, 0) is 6.54 Å². The fourth-order valence-electron chi connectivity index (χ4n) is 3.08. The summed E-state index contributed by atoms with van der Waals surface area (Å²) in [4.78, 5) is 26.9. The molecule has 3 aromatic rings. The predicted molar refractivity (Wildman–Crippen MR) is 89.0 cm³/mol. The first-order chi connectivity index (χ1) is 12.0. The van der Waals surface area contributed by atoms with Crippen LogP contribution >= 0.6 is 0 Å². The molecule has 124 valence electrons. The standard InChI is InChI=1S/C19H12F2N2O2/c20-11-3-4-12(17(21)8-11)10-6-14(13-2-1-5-22-18(13)24)16-9-23-19(25)15(16)7-10/h1-8H,9H2,(H,22,24)(H,23,25). The minimum atomic E-state index is -0.730. The third kappa shape index (κ3) is 2.52. The molecule has 4 rings (SSSR count). The number of nitrogens with one attached hydrogen (secondary N) is 2. The quantitative estimate of drug-likeness (QED) is 0.754. The van der Waals surface area contributed by atoms with Gasteiger partial charge in [0.2, 0.25) is 0 Å². The molecule has 25 heavy (non-hydrogen) atoms. The van der Waals surface area contributed by atoms with E-state index in [0.717, 1.165) is 12.1 Å². The highest BCUT2D eigenvalue weighted by Gasteiger charge is 2.25. The number of aromatic amines is 1. The Hall–Kier alpha value is -3.28. The third-order valence-corrected chi connectivity index (χ3v) is 4.27. The van der Waals surface area contributed by atoms with Gasteiger partial charge >= 0.3 is 0 Å². The van der Waals surface area contributed by atoms with E-state index in [1.807, 2.05) is 0 Å². The van der Waals surface area contributed by atoms with Crippen molar-refractivity contribution in [1.29, 1.82) is 0 Å². The molecule has 0 bridgehead atoms. The molecule has 0 radical (unpaired) electrons. The second kappa shape index (κ2) is 5.66. The lowest BCUT2D eigenvalue weighted by Gasteiger charge is -2.11. The van der Waals surface area contributed by atoms with Gasteiger partial charge in [-0.15, -0.1) is 0 Å². The maximum atomic E-state index is 14.2. The van der Waals surface area contributed by atoms with E-state index in [2.05, 4.69) is 10.3 Å². The van der Waals surface area contributed by atoms with E-state index in [1.54, 1.807) is 24.3 Å². The van der Waals surface area contributed by atoms with Gasteiger partial charge in [0, 0.05) is 35.5 Å². The summed E-state index contributed by atoms with van der Waals surface area (Å²) >= 11 is 0. The van der Waals surface area contributed by atoms with Gasteiger partial charge in [0.25, 0.3) is 11.5 Å². The normalized spacial score (nSPS) is 12.8. The number of H-pyrrole nitrogens is 1. The van der Waals surface area contributed by atoms with E-state index in [-0.39, 0.29) is 17.0 Å². The number of halogens is 2. The van der Waals surface area contributed by atoms with Gasteiger partial charge in [-0.3, -0.25) is 9.59 Å². The fourth-order valence-corrected chi connectivity index (χ4v) is 3.08. The number of fused-ring (bicyclic) bond motifs is 1. The smallest absolute Gasteiger partial charge is 0.255 e. The van der Waals surface area contributed by atoms with Crippen molar-refractivity contribution < 1.29 is 13.6 Å².